The molecular weight excluding hydrogens is 374 g/mol. The number of hydrogen-bond acceptors (Lipinski definition) is 4. The highest BCUT2D eigenvalue weighted by Gasteiger charge is 2.35. The number of hydrogen-bond donors (Lipinski definition) is 0. The maximum absolute atomic E-state index is 13.4. The molecule has 1 atom stereocenters. The second kappa shape index (κ2) is 6.92. The molecule has 0 bridgehead atoms. The molecule has 0 spiro atoms. The van der Waals surface area contributed by atoms with Crippen LogP contribution in [0.2, 0.25) is 0 Å². The molecule has 2 aliphatic heterocycles. The molecule has 0 saturated carbocycles. The van der Waals surface area contributed by atoms with Gasteiger partial charge >= 0.3 is 0 Å². The lowest BCUT2D eigenvalue weighted by molar-refractivity contribution is 0.0698. The summed E-state index contributed by atoms with van der Waals surface area (Å²) in [6.45, 7) is 4.48. The molecule has 0 aromatic heterocycles. The Balaban J connectivity index is 1.69. The summed E-state index contributed by atoms with van der Waals surface area (Å²) < 4.78 is 30.8. The molecule has 2 aliphatic rings. The van der Waals surface area contributed by atoms with Crippen LogP contribution in [0.5, 0.6) is 5.75 Å². The second-order valence-electron chi connectivity index (χ2n) is 8.25. The third-order valence-electron chi connectivity index (χ3n) is 5.40. The second-order valence-corrected chi connectivity index (χ2v) is 10.5. The number of amides is 1. The van der Waals surface area contributed by atoms with Crippen LogP contribution in [0.25, 0.3) is 0 Å². The first kappa shape index (κ1) is 19.0. The number of sulfone groups is 1. The number of benzene rings is 2. The van der Waals surface area contributed by atoms with E-state index in [0.717, 1.165) is 23.3 Å². The summed E-state index contributed by atoms with van der Waals surface area (Å²) in [6.07, 6.45) is 1.21. The molecule has 0 aliphatic carbocycles. The summed E-state index contributed by atoms with van der Waals surface area (Å²) >= 11 is 0. The molecule has 2 heterocycles. The van der Waals surface area contributed by atoms with Crippen LogP contribution >= 0.6 is 0 Å². The van der Waals surface area contributed by atoms with Gasteiger partial charge in [-0.1, -0.05) is 30.3 Å². The van der Waals surface area contributed by atoms with Gasteiger partial charge in [-0.05, 0) is 49.6 Å². The topological polar surface area (TPSA) is 63.7 Å². The van der Waals surface area contributed by atoms with Gasteiger partial charge in [0.1, 0.15) is 11.4 Å². The minimum absolute atomic E-state index is 0.0379. The van der Waals surface area contributed by atoms with Crippen molar-refractivity contribution in [3.63, 3.8) is 0 Å². The van der Waals surface area contributed by atoms with Gasteiger partial charge in [-0.25, -0.2) is 8.42 Å². The molecule has 6 heteroatoms. The van der Waals surface area contributed by atoms with Gasteiger partial charge in [0, 0.05) is 18.5 Å². The zero-order valence-corrected chi connectivity index (χ0v) is 17.0. The van der Waals surface area contributed by atoms with E-state index in [-0.39, 0.29) is 23.0 Å². The van der Waals surface area contributed by atoms with Gasteiger partial charge in [-0.15, -0.1) is 0 Å². The highest BCUT2D eigenvalue weighted by Crippen LogP contribution is 2.36. The largest absolute Gasteiger partial charge is 0.487 e. The van der Waals surface area contributed by atoms with Crippen molar-refractivity contribution in [3.05, 3.63) is 65.2 Å². The molecule has 1 saturated heterocycles. The van der Waals surface area contributed by atoms with E-state index in [0.29, 0.717) is 18.5 Å². The van der Waals surface area contributed by atoms with Gasteiger partial charge < -0.3 is 9.64 Å². The van der Waals surface area contributed by atoms with E-state index in [2.05, 4.69) is 0 Å². The predicted molar refractivity (Wildman–Crippen MR) is 108 cm³/mol. The van der Waals surface area contributed by atoms with Gasteiger partial charge in [0.15, 0.2) is 9.84 Å². The van der Waals surface area contributed by atoms with Crippen molar-refractivity contribution >= 4 is 15.7 Å². The molecule has 4 rings (SSSR count). The molecular formula is C22H25NO4S. The first-order valence-electron chi connectivity index (χ1n) is 9.62. The molecule has 0 radical (unpaired) electrons. The summed E-state index contributed by atoms with van der Waals surface area (Å²) in [5, 5.41) is 0. The summed E-state index contributed by atoms with van der Waals surface area (Å²) in [7, 11) is -3.20. The lowest BCUT2D eigenvalue weighted by Gasteiger charge is -2.30. The number of carbonyl (C=O) groups is 1. The van der Waals surface area contributed by atoms with Crippen LogP contribution in [0.4, 0.5) is 0 Å². The maximum atomic E-state index is 13.4. The molecule has 28 heavy (non-hydrogen) atoms. The Kier molecular flexibility index (Phi) is 4.70. The standard InChI is InChI=1S/C22H25NO4S/c1-22(2)14-18-13-17(9-10-20(18)27-22)21(24)23-11-6-12-28(25,26)15-19(23)16-7-4-3-5-8-16/h3-5,7-10,13,19H,6,11-12,14-15H2,1-2H3. The number of carbonyl (C=O) groups excluding carboxylic acids is 1. The third-order valence-corrected chi connectivity index (χ3v) is 7.13. The van der Waals surface area contributed by atoms with E-state index >= 15 is 0 Å². The van der Waals surface area contributed by atoms with Gasteiger partial charge in [-0.3, -0.25) is 4.79 Å². The van der Waals surface area contributed by atoms with E-state index < -0.39 is 15.9 Å². The van der Waals surface area contributed by atoms with E-state index in [1.165, 1.54) is 0 Å². The van der Waals surface area contributed by atoms with Crippen molar-refractivity contribution in [2.45, 2.75) is 38.3 Å². The van der Waals surface area contributed by atoms with Crippen molar-refractivity contribution in [1.82, 2.24) is 4.90 Å². The number of ether oxygens (including phenoxy) is 1. The Hall–Kier alpha value is -2.34. The lowest BCUT2D eigenvalue weighted by atomic mass is 9.99. The van der Waals surface area contributed by atoms with Crippen LogP contribution in [0.15, 0.2) is 48.5 Å². The smallest absolute Gasteiger partial charge is 0.254 e. The lowest BCUT2D eigenvalue weighted by Crippen LogP contribution is -2.37. The predicted octanol–water partition coefficient (Wildman–Crippen LogP) is 3.40. The number of nitrogens with zero attached hydrogens (tertiary/aromatic N) is 1. The van der Waals surface area contributed by atoms with Crippen LogP contribution in [0.1, 0.15) is 47.8 Å². The number of fused-ring (bicyclic) bond motifs is 1. The maximum Gasteiger partial charge on any atom is 0.254 e. The van der Waals surface area contributed by atoms with Crippen molar-refractivity contribution in [2.24, 2.45) is 0 Å². The van der Waals surface area contributed by atoms with Gasteiger partial charge in [-0.2, -0.15) is 0 Å². The molecule has 1 fully saturated rings. The first-order chi connectivity index (χ1) is 13.2. The minimum atomic E-state index is -3.20. The Morgan fingerprint density at radius 3 is 2.64 bits per heavy atom. The number of rotatable bonds is 2. The van der Waals surface area contributed by atoms with E-state index in [1.807, 2.05) is 56.3 Å². The SMILES string of the molecule is CC1(C)Cc2cc(C(=O)N3CCCS(=O)(=O)CC3c3ccccc3)ccc2O1. The Morgan fingerprint density at radius 2 is 1.89 bits per heavy atom. The van der Waals surface area contributed by atoms with Gasteiger partial charge in [0.2, 0.25) is 0 Å². The normalized spacial score (nSPS) is 22.8. The molecule has 0 N–H and O–H groups in total. The third kappa shape index (κ3) is 3.78. The van der Waals surface area contributed by atoms with Crippen molar-refractivity contribution in [3.8, 4) is 5.75 Å². The quantitative estimate of drug-likeness (QED) is 0.776. The summed E-state index contributed by atoms with van der Waals surface area (Å²) in [5.41, 5.74) is 2.19. The van der Waals surface area contributed by atoms with Crippen LogP contribution in [0, 0.1) is 0 Å². The van der Waals surface area contributed by atoms with Crippen LogP contribution in [-0.4, -0.2) is 42.9 Å². The van der Waals surface area contributed by atoms with Crippen LogP contribution < -0.4 is 4.74 Å². The zero-order chi connectivity index (χ0) is 19.9. The minimum Gasteiger partial charge on any atom is -0.487 e. The summed E-state index contributed by atoms with van der Waals surface area (Å²) in [4.78, 5) is 15.1. The Labute approximate surface area is 166 Å². The molecule has 1 amide bonds. The first-order valence-corrected chi connectivity index (χ1v) is 11.4. The zero-order valence-electron chi connectivity index (χ0n) is 16.2. The van der Waals surface area contributed by atoms with Gasteiger partial charge in [0.05, 0.1) is 17.5 Å². The fourth-order valence-corrected chi connectivity index (χ4v) is 5.72. The van der Waals surface area contributed by atoms with Crippen molar-refractivity contribution in [2.75, 3.05) is 18.1 Å². The fraction of sp³-hybridized carbons (Fsp3) is 0.409. The monoisotopic (exact) mass is 399 g/mol. The summed E-state index contributed by atoms with van der Waals surface area (Å²) in [5.74, 6) is 0.772. The highest BCUT2D eigenvalue weighted by atomic mass is 32.2. The molecule has 1 unspecified atom stereocenters. The van der Waals surface area contributed by atoms with E-state index in [4.69, 9.17) is 4.74 Å². The molecule has 5 nitrogen and oxygen atoms in total. The molecule has 2 aromatic carbocycles. The average Bonchev–Trinajstić information content (AvgIpc) is 2.86. The Bertz CT molecular complexity index is 998. The van der Waals surface area contributed by atoms with E-state index in [9.17, 15) is 13.2 Å². The molecule has 148 valence electrons. The summed E-state index contributed by atoms with van der Waals surface area (Å²) in [6, 6.07) is 14.5. The van der Waals surface area contributed by atoms with Crippen molar-refractivity contribution < 1.29 is 17.9 Å². The van der Waals surface area contributed by atoms with Crippen LogP contribution in [-0.2, 0) is 16.3 Å². The molecule has 2 aromatic rings. The Morgan fingerprint density at radius 1 is 1.14 bits per heavy atom. The van der Waals surface area contributed by atoms with Crippen LogP contribution in [0.3, 0.4) is 0 Å². The van der Waals surface area contributed by atoms with Gasteiger partial charge in [0.25, 0.3) is 5.91 Å². The average molecular weight is 400 g/mol. The van der Waals surface area contributed by atoms with E-state index in [1.54, 1.807) is 11.0 Å². The van der Waals surface area contributed by atoms with Crippen molar-refractivity contribution in [1.29, 1.82) is 0 Å². The fourth-order valence-electron chi connectivity index (χ4n) is 4.13. The highest BCUT2D eigenvalue weighted by molar-refractivity contribution is 7.91.